The predicted octanol–water partition coefficient (Wildman–Crippen LogP) is 4.17. The molecule has 0 heterocycles. The van der Waals surface area contributed by atoms with E-state index in [1.807, 2.05) is 12.1 Å². The minimum absolute atomic E-state index is 0.00198. The van der Waals surface area contributed by atoms with Crippen LogP contribution in [0.1, 0.15) is 76.7 Å². The Morgan fingerprint density at radius 3 is 2.18 bits per heavy atom. The molecule has 3 heteroatoms. The van der Waals surface area contributed by atoms with Gasteiger partial charge in [-0.05, 0) is 24.1 Å². The summed E-state index contributed by atoms with van der Waals surface area (Å²) in [6, 6.07) is 8.20. The van der Waals surface area contributed by atoms with Crippen LogP contribution in [0.3, 0.4) is 0 Å². The van der Waals surface area contributed by atoms with Crippen LogP contribution < -0.4 is 5.19 Å². The summed E-state index contributed by atoms with van der Waals surface area (Å²) in [5, 5.41) is 1.24. The van der Waals surface area contributed by atoms with E-state index in [1.165, 1.54) is 55.7 Å². The lowest BCUT2D eigenvalue weighted by Gasteiger charge is -2.07. The Morgan fingerprint density at radius 1 is 0.955 bits per heavy atom. The van der Waals surface area contributed by atoms with E-state index >= 15 is 0 Å². The van der Waals surface area contributed by atoms with Crippen LogP contribution in [0, 0.1) is 6.92 Å². The van der Waals surface area contributed by atoms with Crippen LogP contribution in [0.4, 0.5) is 0 Å². The number of aryl methyl sites for hydroxylation is 1. The summed E-state index contributed by atoms with van der Waals surface area (Å²) in [5.74, 6) is -0.00198. The third-order valence-electron chi connectivity index (χ3n) is 4.13. The van der Waals surface area contributed by atoms with Crippen LogP contribution in [0.5, 0.6) is 0 Å². The summed E-state index contributed by atoms with van der Waals surface area (Å²) < 4.78 is 5.48. The van der Waals surface area contributed by atoms with Crippen LogP contribution >= 0.6 is 0 Å². The van der Waals surface area contributed by atoms with E-state index in [4.69, 9.17) is 4.43 Å². The summed E-state index contributed by atoms with van der Waals surface area (Å²) in [5.41, 5.74) is 1.24. The zero-order valence-electron chi connectivity index (χ0n) is 14.4. The Morgan fingerprint density at radius 2 is 1.55 bits per heavy atom. The quantitative estimate of drug-likeness (QED) is 0.427. The van der Waals surface area contributed by atoms with E-state index < -0.39 is 9.76 Å². The van der Waals surface area contributed by atoms with Crippen LogP contribution in [-0.4, -0.2) is 15.7 Å². The van der Waals surface area contributed by atoms with E-state index in [0.29, 0.717) is 6.42 Å². The Bertz CT molecular complexity index is 418. The molecule has 0 N–H and O–H groups in total. The molecular formula is C19H32O2Si. The highest BCUT2D eigenvalue weighted by atomic mass is 28.2. The fourth-order valence-electron chi connectivity index (χ4n) is 2.58. The first-order chi connectivity index (χ1) is 10.7. The zero-order valence-corrected chi connectivity index (χ0v) is 15.8. The second kappa shape index (κ2) is 12.5. The molecule has 2 nitrogen and oxygen atoms in total. The number of hydrogen-bond acceptors (Lipinski definition) is 2. The summed E-state index contributed by atoms with van der Waals surface area (Å²) in [4.78, 5) is 11.7. The molecule has 124 valence electrons. The van der Waals surface area contributed by atoms with Gasteiger partial charge in [0.2, 0.25) is 0 Å². The van der Waals surface area contributed by atoms with Crippen molar-refractivity contribution in [1.29, 1.82) is 0 Å². The van der Waals surface area contributed by atoms with Crippen molar-refractivity contribution < 1.29 is 9.22 Å². The molecule has 0 aromatic heterocycles. The van der Waals surface area contributed by atoms with Crippen LogP contribution in [0.2, 0.25) is 0 Å². The number of carbonyl (C=O) groups excluding carboxylic acids is 1. The van der Waals surface area contributed by atoms with Gasteiger partial charge in [-0.1, -0.05) is 82.6 Å². The van der Waals surface area contributed by atoms with Gasteiger partial charge in [0.25, 0.3) is 15.7 Å². The predicted molar refractivity (Wildman–Crippen MR) is 97.3 cm³/mol. The van der Waals surface area contributed by atoms with Gasteiger partial charge in [-0.15, -0.1) is 0 Å². The maximum Gasteiger partial charge on any atom is 0.292 e. The lowest BCUT2D eigenvalue weighted by atomic mass is 10.1. The Kier molecular flexibility index (Phi) is 10.7. The van der Waals surface area contributed by atoms with Gasteiger partial charge in [0.1, 0.15) is 0 Å². The molecule has 1 rings (SSSR count). The maximum absolute atomic E-state index is 11.7. The molecule has 0 aliphatic carbocycles. The molecule has 22 heavy (non-hydrogen) atoms. The van der Waals surface area contributed by atoms with Crippen molar-refractivity contribution >= 4 is 20.9 Å². The van der Waals surface area contributed by atoms with Crippen molar-refractivity contribution in [1.82, 2.24) is 0 Å². The van der Waals surface area contributed by atoms with Crippen molar-refractivity contribution in [2.45, 2.75) is 78.1 Å². The normalized spacial score (nSPS) is 11.2. The largest absolute Gasteiger partial charge is 0.520 e. The van der Waals surface area contributed by atoms with Crippen LogP contribution in [0.25, 0.3) is 0 Å². The maximum atomic E-state index is 11.7. The highest BCUT2D eigenvalue weighted by Gasteiger charge is 2.05. The van der Waals surface area contributed by atoms with E-state index in [2.05, 4.69) is 26.0 Å². The van der Waals surface area contributed by atoms with Gasteiger partial charge in [-0.2, -0.15) is 0 Å². The average Bonchev–Trinajstić information content (AvgIpc) is 2.52. The Labute approximate surface area is 138 Å². The molecule has 0 saturated carbocycles. The number of unbranched alkanes of at least 4 members (excludes halogenated alkanes) is 8. The smallest absolute Gasteiger partial charge is 0.292 e. The number of rotatable bonds is 12. The standard InChI is InChI=1S/C19H32O2Si/c1-3-4-5-6-7-8-9-10-11-16-19(20)21-22-18-15-13-12-14-17(18)2/h12-15H,3-11,16,22H2,1-2H3. The number of benzene rings is 1. The van der Waals surface area contributed by atoms with Crippen molar-refractivity contribution in [3.8, 4) is 0 Å². The van der Waals surface area contributed by atoms with Crippen molar-refractivity contribution in [3.05, 3.63) is 29.8 Å². The minimum Gasteiger partial charge on any atom is -0.520 e. The van der Waals surface area contributed by atoms with Crippen molar-refractivity contribution in [2.24, 2.45) is 0 Å². The molecule has 0 saturated heterocycles. The van der Waals surface area contributed by atoms with E-state index in [0.717, 1.165) is 12.8 Å². The molecule has 0 fully saturated rings. The second-order valence-electron chi connectivity index (χ2n) is 6.17. The van der Waals surface area contributed by atoms with Crippen LogP contribution in [0.15, 0.2) is 24.3 Å². The van der Waals surface area contributed by atoms with E-state index in [1.54, 1.807) is 0 Å². The molecule has 1 aromatic carbocycles. The number of carbonyl (C=O) groups is 1. The Balaban J connectivity index is 1.97. The average molecular weight is 321 g/mol. The molecule has 1 aromatic rings. The molecular weight excluding hydrogens is 288 g/mol. The van der Waals surface area contributed by atoms with Gasteiger partial charge < -0.3 is 4.43 Å². The van der Waals surface area contributed by atoms with Crippen LogP contribution in [-0.2, 0) is 9.22 Å². The first-order valence-electron chi connectivity index (χ1n) is 8.94. The topological polar surface area (TPSA) is 26.3 Å². The molecule has 0 aliphatic heterocycles. The third kappa shape index (κ3) is 9.03. The lowest BCUT2D eigenvalue weighted by Crippen LogP contribution is -2.23. The summed E-state index contributed by atoms with van der Waals surface area (Å²) in [6.07, 6.45) is 12.1. The van der Waals surface area contributed by atoms with Gasteiger partial charge >= 0.3 is 0 Å². The Hall–Kier alpha value is -1.09. The zero-order chi connectivity index (χ0) is 16.0. The van der Waals surface area contributed by atoms with Gasteiger partial charge in [0.05, 0.1) is 0 Å². The lowest BCUT2D eigenvalue weighted by molar-refractivity contribution is -0.134. The summed E-state index contributed by atoms with van der Waals surface area (Å²) in [7, 11) is -0.893. The highest BCUT2D eigenvalue weighted by molar-refractivity contribution is 6.49. The number of hydrogen-bond donors (Lipinski definition) is 0. The van der Waals surface area contributed by atoms with Gasteiger partial charge in [0, 0.05) is 6.42 Å². The minimum atomic E-state index is -0.893. The molecule has 0 spiro atoms. The summed E-state index contributed by atoms with van der Waals surface area (Å²) in [6.45, 7) is 4.33. The second-order valence-corrected chi connectivity index (χ2v) is 7.50. The molecule has 0 radical (unpaired) electrons. The monoisotopic (exact) mass is 320 g/mol. The first-order valence-corrected chi connectivity index (χ1v) is 10.2. The molecule has 0 unspecified atom stereocenters. The molecule has 0 amide bonds. The fourth-order valence-corrected chi connectivity index (χ4v) is 3.62. The highest BCUT2D eigenvalue weighted by Crippen LogP contribution is 2.10. The SMILES string of the molecule is CCCCCCCCCCCC(=O)O[SiH2]c1ccccc1C. The fraction of sp³-hybridized carbons (Fsp3) is 0.632. The molecule has 0 aliphatic rings. The van der Waals surface area contributed by atoms with Crippen molar-refractivity contribution in [2.75, 3.05) is 0 Å². The van der Waals surface area contributed by atoms with Crippen molar-refractivity contribution in [3.63, 3.8) is 0 Å². The van der Waals surface area contributed by atoms with Gasteiger partial charge in [-0.3, -0.25) is 4.79 Å². The van der Waals surface area contributed by atoms with E-state index in [9.17, 15) is 4.79 Å². The first kappa shape index (κ1) is 19.0. The van der Waals surface area contributed by atoms with E-state index in [-0.39, 0.29) is 5.97 Å². The summed E-state index contributed by atoms with van der Waals surface area (Å²) >= 11 is 0. The molecule has 0 atom stereocenters. The van der Waals surface area contributed by atoms with Gasteiger partial charge in [-0.25, -0.2) is 0 Å². The molecule has 0 bridgehead atoms. The van der Waals surface area contributed by atoms with Gasteiger partial charge in [0.15, 0.2) is 0 Å². The third-order valence-corrected chi connectivity index (χ3v) is 5.71.